The van der Waals surface area contributed by atoms with Gasteiger partial charge in [0, 0.05) is 10.5 Å². The second-order valence-corrected chi connectivity index (χ2v) is 5.23. The number of benzene rings is 2. The van der Waals surface area contributed by atoms with Crippen LogP contribution in [0.15, 0.2) is 46.9 Å². The lowest BCUT2D eigenvalue weighted by Gasteiger charge is -2.17. The first kappa shape index (κ1) is 14.2. The molecule has 1 unspecified atom stereocenters. The van der Waals surface area contributed by atoms with Crippen LogP contribution in [-0.2, 0) is 6.42 Å². The van der Waals surface area contributed by atoms with Crippen molar-refractivity contribution in [2.24, 2.45) is 0 Å². The molecule has 2 aromatic carbocycles. The van der Waals surface area contributed by atoms with Crippen LogP contribution >= 0.6 is 15.9 Å². The molecule has 1 N–H and O–H groups in total. The Bertz CT molecular complexity index is 555. The fourth-order valence-corrected chi connectivity index (χ4v) is 2.27. The molecule has 0 aliphatic carbocycles. The summed E-state index contributed by atoms with van der Waals surface area (Å²) in [5, 5.41) is 3.13. The van der Waals surface area contributed by atoms with Gasteiger partial charge in [0.25, 0.3) is 0 Å². The monoisotopic (exact) mass is 325 g/mol. The average Bonchev–Trinajstić information content (AvgIpc) is 2.42. The van der Waals surface area contributed by atoms with E-state index >= 15 is 0 Å². The Morgan fingerprint density at radius 3 is 2.42 bits per heavy atom. The van der Waals surface area contributed by atoms with E-state index in [-0.39, 0.29) is 6.04 Å². The molecule has 0 radical (unpaired) electrons. The molecule has 0 heterocycles. The molecule has 100 valence electrons. The van der Waals surface area contributed by atoms with Crippen LogP contribution in [0.4, 0.5) is 8.78 Å². The molecule has 2 aromatic rings. The highest BCUT2D eigenvalue weighted by molar-refractivity contribution is 9.10. The summed E-state index contributed by atoms with van der Waals surface area (Å²) in [6.07, 6.45) is 0.404. The smallest absolute Gasteiger partial charge is 0.162 e. The molecular weight excluding hydrogens is 312 g/mol. The van der Waals surface area contributed by atoms with E-state index in [9.17, 15) is 8.78 Å². The van der Waals surface area contributed by atoms with Crippen molar-refractivity contribution in [2.75, 3.05) is 7.05 Å². The van der Waals surface area contributed by atoms with Gasteiger partial charge >= 0.3 is 0 Å². The quantitative estimate of drug-likeness (QED) is 0.887. The summed E-state index contributed by atoms with van der Waals surface area (Å²) in [6, 6.07) is 12.0. The van der Waals surface area contributed by atoms with Gasteiger partial charge in [-0.25, -0.2) is 8.78 Å². The second-order valence-electron chi connectivity index (χ2n) is 4.31. The molecule has 0 saturated carbocycles. The lowest BCUT2D eigenvalue weighted by molar-refractivity contribution is 0.487. The number of hydrogen-bond acceptors (Lipinski definition) is 1. The van der Waals surface area contributed by atoms with E-state index in [0.717, 1.165) is 16.1 Å². The predicted octanol–water partition coefficient (Wildman–Crippen LogP) is 4.23. The molecule has 19 heavy (non-hydrogen) atoms. The first-order valence-corrected chi connectivity index (χ1v) is 6.76. The zero-order valence-corrected chi connectivity index (χ0v) is 12.0. The van der Waals surface area contributed by atoms with Crippen LogP contribution in [0.1, 0.15) is 17.2 Å². The summed E-state index contributed by atoms with van der Waals surface area (Å²) in [6.45, 7) is 0. The molecular formula is C15H14BrF2N. The molecule has 0 fully saturated rings. The minimum absolute atomic E-state index is 0.0515. The minimum atomic E-state index is -0.803. The normalized spacial score (nSPS) is 12.4. The third-order valence-corrected chi connectivity index (χ3v) is 3.61. The van der Waals surface area contributed by atoms with Crippen molar-refractivity contribution in [1.29, 1.82) is 0 Å². The molecule has 1 atom stereocenters. The van der Waals surface area contributed by atoms with Crippen molar-refractivity contribution >= 4 is 15.9 Å². The van der Waals surface area contributed by atoms with Gasteiger partial charge in [0.1, 0.15) is 0 Å². The summed E-state index contributed by atoms with van der Waals surface area (Å²) >= 11 is 3.37. The highest BCUT2D eigenvalue weighted by Crippen LogP contribution is 2.22. The lowest BCUT2D eigenvalue weighted by atomic mass is 9.98. The molecule has 2 rings (SSSR count). The number of nitrogens with one attached hydrogen (secondary N) is 1. The van der Waals surface area contributed by atoms with E-state index in [1.165, 1.54) is 6.07 Å². The molecule has 4 heteroatoms. The molecule has 1 nitrogen and oxygen atoms in total. The van der Waals surface area contributed by atoms with Crippen LogP contribution in [-0.4, -0.2) is 7.05 Å². The SMILES string of the molecule is CNC(Cc1cccc(F)c1F)c1ccc(Br)cc1. The summed E-state index contributed by atoms with van der Waals surface area (Å²) < 4.78 is 27.8. The molecule has 0 aliphatic rings. The van der Waals surface area contributed by atoms with E-state index in [1.807, 2.05) is 31.3 Å². The van der Waals surface area contributed by atoms with E-state index < -0.39 is 11.6 Å². The first-order valence-electron chi connectivity index (χ1n) is 5.97. The Kier molecular flexibility index (Phi) is 4.66. The molecule has 0 spiro atoms. The summed E-state index contributed by atoms with van der Waals surface area (Å²) in [5.74, 6) is -1.57. The third kappa shape index (κ3) is 3.39. The number of likely N-dealkylation sites (N-methyl/N-ethyl adjacent to an activating group) is 1. The highest BCUT2D eigenvalue weighted by atomic mass is 79.9. The van der Waals surface area contributed by atoms with Crippen LogP contribution in [0, 0.1) is 11.6 Å². The van der Waals surface area contributed by atoms with Crippen molar-refractivity contribution in [3.63, 3.8) is 0 Å². The van der Waals surface area contributed by atoms with E-state index in [2.05, 4.69) is 21.2 Å². The maximum Gasteiger partial charge on any atom is 0.162 e. The van der Waals surface area contributed by atoms with Gasteiger partial charge in [-0.3, -0.25) is 0 Å². The van der Waals surface area contributed by atoms with Gasteiger partial charge in [-0.1, -0.05) is 40.2 Å². The first-order chi connectivity index (χ1) is 9.11. The molecule has 0 bridgehead atoms. The van der Waals surface area contributed by atoms with Crippen LogP contribution in [0.2, 0.25) is 0 Å². The van der Waals surface area contributed by atoms with Crippen molar-refractivity contribution in [3.8, 4) is 0 Å². The van der Waals surface area contributed by atoms with Crippen LogP contribution < -0.4 is 5.32 Å². The molecule has 0 amide bonds. The van der Waals surface area contributed by atoms with Gasteiger partial charge < -0.3 is 5.32 Å². The van der Waals surface area contributed by atoms with Crippen molar-refractivity contribution in [2.45, 2.75) is 12.5 Å². The van der Waals surface area contributed by atoms with Gasteiger partial charge in [0.15, 0.2) is 11.6 Å². The Labute approximate surface area is 119 Å². The fraction of sp³-hybridized carbons (Fsp3) is 0.200. The largest absolute Gasteiger partial charge is 0.313 e. The lowest BCUT2D eigenvalue weighted by Crippen LogP contribution is -2.19. The Morgan fingerprint density at radius 1 is 1.11 bits per heavy atom. The van der Waals surface area contributed by atoms with Crippen LogP contribution in [0.25, 0.3) is 0 Å². The topological polar surface area (TPSA) is 12.0 Å². The number of halogens is 3. The van der Waals surface area contributed by atoms with Gasteiger partial charge in [0.05, 0.1) is 0 Å². The van der Waals surface area contributed by atoms with Crippen LogP contribution in [0.3, 0.4) is 0 Å². The summed E-state index contributed by atoms with van der Waals surface area (Å²) in [4.78, 5) is 0. The van der Waals surface area contributed by atoms with Gasteiger partial charge in [-0.2, -0.15) is 0 Å². The second kappa shape index (κ2) is 6.26. The van der Waals surface area contributed by atoms with Gasteiger partial charge in [-0.05, 0) is 42.8 Å². The van der Waals surface area contributed by atoms with Crippen molar-refractivity contribution in [1.82, 2.24) is 5.32 Å². The zero-order valence-electron chi connectivity index (χ0n) is 10.5. The molecule has 0 saturated heterocycles. The number of rotatable bonds is 4. The minimum Gasteiger partial charge on any atom is -0.313 e. The average molecular weight is 326 g/mol. The Morgan fingerprint density at radius 2 is 1.79 bits per heavy atom. The van der Waals surface area contributed by atoms with Crippen molar-refractivity contribution < 1.29 is 8.78 Å². The Hall–Kier alpha value is -1.26. The summed E-state index contributed by atoms with van der Waals surface area (Å²) in [5.41, 5.74) is 1.41. The Balaban J connectivity index is 2.24. The van der Waals surface area contributed by atoms with E-state index in [1.54, 1.807) is 6.07 Å². The van der Waals surface area contributed by atoms with Gasteiger partial charge in [-0.15, -0.1) is 0 Å². The standard InChI is InChI=1S/C15H14BrF2N/c1-19-14(10-5-7-12(16)8-6-10)9-11-3-2-4-13(17)15(11)18/h2-8,14,19H,9H2,1H3. The highest BCUT2D eigenvalue weighted by Gasteiger charge is 2.14. The van der Waals surface area contributed by atoms with Crippen LogP contribution in [0.5, 0.6) is 0 Å². The molecule has 0 aliphatic heterocycles. The fourth-order valence-electron chi connectivity index (χ4n) is 2.01. The van der Waals surface area contributed by atoms with Crippen molar-refractivity contribution in [3.05, 3.63) is 69.7 Å². The third-order valence-electron chi connectivity index (χ3n) is 3.08. The number of hydrogen-bond donors (Lipinski definition) is 1. The molecule has 0 aromatic heterocycles. The zero-order chi connectivity index (χ0) is 13.8. The maximum atomic E-state index is 13.7. The predicted molar refractivity (Wildman–Crippen MR) is 76.0 cm³/mol. The summed E-state index contributed by atoms with van der Waals surface area (Å²) in [7, 11) is 1.81. The van der Waals surface area contributed by atoms with E-state index in [4.69, 9.17) is 0 Å². The van der Waals surface area contributed by atoms with E-state index in [0.29, 0.717) is 12.0 Å². The maximum absolute atomic E-state index is 13.7. The van der Waals surface area contributed by atoms with Gasteiger partial charge in [0.2, 0.25) is 0 Å².